The Bertz CT molecular complexity index is 577. The van der Waals surface area contributed by atoms with Gasteiger partial charge in [0.2, 0.25) is 5.76 Å². The molecule has 1 N–H and O–H groups in total. The molecule has 94 valence electrons. The number of rotatable bonds is 4. The van der Waals surface area contributed by atoms with E-state index in [-0.39, 0.29) is 12.4 Å². The Morgan fingerprint density at radius 1 is 1.28 bits per heavy atom. The summed E-state index contributed by atoms with van der Waals surface area (Å²) in [7, 11) is 0. The first-order chi connectivity index (χ1) is 8.58. The molecule has 1 aromatic carbocycles. The smallest absolute Gasteiger partial charge is 0.372 e. The van der Waals surface area contributed by atoms with E-state index in [9.17, 15) is 4.79 Å². The number of carboxylic acid groups (broad SMARTS) is 1. The fourth-order valence-corrected chi connectivity index (χ4v) is 1.65. The lowest BCUT2D eigenvalue weighted by atomic mass is 10.2. The summed E-state index contributed by atoms with van der Waals surface area (Å²) in [6.07, 6.45) is 1.30. The minimum atomic E-state index is -1.13. The second-order valence-electron chi connectivity index (χ2n) is 3.44. The number of halogens is 2. The van der Waals surface area contributed by atoms with Crippen LogP contribution >= 0.6 is 23.2 Å². The summed E-state index contributed by atoms with van der Waals surface area (Å²) in [6, 6.07) is 6.35. The Morgan fingerprint density at radius 3 is 2.72 bits per heavy atom. The predicted octanol–water partition coefficient (Wildman–Crippen LogP) is 3.86. The van der Waals surface area contributed by atoms with Gasteiger partial charge in [-0.3, -0.25) is 0 Å². The summed E-state index contributed by atoms with van der Waals surface area (Å²) >= 11 is 11.6. The van der Waals surface area contributed by atoms with Crippen LogP contribution in [0.4, 0.5) is 0 Å². The normalized spacial score (nSPS) is 10.3. The highest BCUT2D eigenvalue weighted by atomic mass is 35.5. The fraction of sp³-hybridized carbons (Fsp3) is 0.0833. The van der Waals surface area contributed by atoms with Crippen molar-refractivity contribution in [2.75, 3.05) is 0 Å². The third-order valence-electron chi connectivity index (χ3n) is 2.23. The Balaban J connectivity index is 2.09. The lowest BCUT2D eigenvalue weighted by molar-refractivity contribution is 0.0658. The van der Waals surface area contributed by atoms with Gasteiger partial charge in [0.05, 0.1) is 16.3 Å². The van der Waals surface area contributed by atoms with Gasteiger partial charge in [0.1, 0.15) is 12.4 Å². The molecule has 0 fully saturated rings. The molecule has 2 aromatic rings. The Kier molecular flexibility index (Phi) is 3.79. The van der Waals surface area contributed by atoms with E-state index in [1.54, 1.807) is 24.3 Å². The number of hydrogen-bond acceptors (Lipinski definition) is 3. The van der Waals surface area contributed by atoms with Crippen molar-refractivity contribution >= 4 is 29.2 Å². The maximum Gasteiger partial charge on any atom is 0.372 e. The van der Waals surface area contributed by atoms with Crippen molar-refractivity contribution in [2.24, 2.45) is 0 Å². The van der Waals surface area contributed by atoms with E-state index >= 15 is 0 Å². The van der Waals surface area contributed by atoms with Crippen LogP contribution in [0, 0.1) is 0 Å². The summed E-state index contributed by atoms with van der Waals surface area (Å²) in [5.74, 6) is -0.760. The van der Waals surface area contributed by atoms with Gasteiger partial charge in [-0.1, -0.05) is 23.2 Å². The SMILES string of the molecule is O=C(O)c1occc1COc1ccc(Cl)c(Cl)c1. The van der Waals surface area contributed by atoms with Crippen LogP contribution in [0.1, 0.15) is 16.1 Å². The molecule has 2 rings (SSSR count). The molecule has 0 aliphatic carbocycles. The van der Waals surface area contributed by atoms with E-state index in [0.717, 1.165) is 0 Å². The third-order valence-corrected chi connectivity index (χ3v) is 2.97. The quantitative estimate of drug-likeness (QED) is 0.927. The van der Waals surface area contributed by atoms with Crippen molar-refractivity contribution in [3.05, 3.63) is 51.9 Å². The molecule has 18 heavy (non-hydrogen) atoms. The molecule has 0 unspecified atom stereocenters. The second-order valence-corrected chi connectivity index (χ2v) is 4.26. The zero-order valence-corrected chi connectivity index (χ0v) is 10.5. The first-order valence-corrected chi connectivity index (χ1v) is 5.71. The van der Waals surface area contributed by atoms with Gasteiger partial charge < -0.3 is 14.3 Å². The van der Waals surface area contributed by atoms with Gasteiger partial charge in [0.25, 0.3) is 0 Å². The Morgan fingerprint density at radius 2 is 2.06 bits per heavy atom. The van der Waals surface area contributed by atoms with Crippen molar-refractivity contribution in [3.8, 4) is 5.75 Å². The zero-order chi connectivity index (χ0) is 13.1. The number of ether oxygens (including phenoxy) is 1. The maximum absolute atomic E-state index is 10.8. The van der Waals surface area contributed by atoms with Crippen molar-refractivity contribution in [1.82, 2.24) is 0 Å². The van der Waals surface area contributed by atoms with E-state index in [4.69, 9.17) is 37.5 Å². The summed E-state index contributed by atoms with van der Waals surface area (Å²) in [5, 5.41) is 9.65. The molecule has 0 aliphatic rings. The van der Waals surface area contributed by atoms with Crippen LogP contribution in [0.15, 0.2) is 34.9 Å². The van der Waals surface area contributed by atoms with Crippen molar-refractivity contribution in [2.45, 2.75) is 6.61 Å². The van der Waals surface area contributed by atoms with E-state index in [1.165, 1.54) is 6.26 Å². The van der Waals surface area contributed by atoms with E-state index in [0.29, 0.717) is 21.4 Å². The summed E-state index contributed by atoms with van der Waals surface area (Å²) in [6.45, 7) is 0.0795. The highest BCUT2D eigenvalue weighted by molar-refractivity contribution is 6.42. The molecule has 0 saturated carbocycles. The molecule has 1 aromatic heterocycles. The van der Waals surface area contributed by atoms with Gasteiger partial charge in [-0.15, -0.1) is 0 Å². The zero-order valence-electron chi connectivity index (χ0n) is 9.02. The number of hydrogen-bond donors (Lipinski definition) is 1. The second kappa shape index (κ2) is 5.33. The number of benzene rings is 1. The fourth-order valence-electron chi connectivity index (χ4n) is 1.36. The summed E-state index contributed by atoms with van der Waals surface area (Å²) in [4.78, 5) is 10.8. The minimum Gasteiger partial charge on any atom is -0.489 e. The largest absolute Gasteiger partial charge is 0.489 e. The van der Waals surface area contributed by atoms with E-state index in [1.807, 2.05) is 0 Å². The lowest BCUT2D eigenvalue weighted by Gasteiger charge is -2.06. The van der Waals surface area contributed by atoms with Crippen molar-refractivity contribution < 1.29 is 19.1 Å². The Hall–Kier alpha value is -1.65. The first kappa shape index (κ1) is 12.8. The van der Waals surface area contributed by atoms with Crippen LogP contribution in [0.3, 0.4) is 0 Å². The minimum absolute atomic E-state index is 0.0795. The Labute approximate surface area is 113 Å². The van der Waals surface area contributed by atoms with Gasteiger partial charge >= 0.3 is 5.97 Å². The number of aromatic carboxylic acids is 1. The van der Waals surface area contributed by atoms with Gasteiger partial charge in [-0.2, -0.15) is 0 Å². The monoisotopic (exact) mass is 286 g/mol. The molecule has 4 nitrogen and oxygen atoms in total. The summed E-state index contributed by atoms with van der Waals surface area (Å²) < 4.78 is 10.2. The average molecular weight is 287 g/mol. The van der Waals surface area contributed by atoms with Crippen molar-refractivity contribution in [1.29, 1.82) is 0 Å². The van der Waals surface area contributed by atoms with Crippen LogP contribution in [0.25, 0.3) is 0 Å². The van der Waals surface area contributed by atoms with E-state index < -0.39 is 5.97 Å². The summed E-state index contributed by atoms with van der Waals surface area (Å²) in [5.41, 5.74) is 0.452. The molecule has 0 aliphatic heterocycles. The van der Waals surface area contributed by atoms with Crippen LogP contribution in [-0.4, -0.2) is 11.1 Å². The number of furan rings is 1. The van der Waals surface area contributed by atoms with Gasteiger partial charge in [-0.05, 0) is 18.2 Å². The van der Waals surface area contributed by atoms with E-state index in [2.05, 4.69) is 0 Å². The molecule has 0 atom stereocenters. The van der Waals surface area contributed by atoms with Crippen LogP contribution in [-0.2, 0) is 6.61 Å². The molecular weight excluding hydrogens is 279 g/mol. The standard InChI is InChI=1S/C12H8Cl2O4/c13-9-2-1-8(5-10(9)14)18-6-7-3-4-17-11(7)12(15)16/h1-5H,6H2,(H,15,16). The predicted molar refractivity (Wildman–Crippen MR) is 66.5 cm³/mol. The molecular formula is C12H8Cl2O4. The molecule has 0 amide bonds. The van der Waals surface area contributed by atoms with Crippen LogP contribution < -0.4 is 4.74 Å². The molecule has 1 heterocycles. The average Bonchev–Trinajstić information content (AvgIpc) is 2.79. The molecule has 0 bridgehead atoms. The van der Waals surface area contributed by atoms with Gasteiger partial charge in [0.15, 0.2) is 0 Å². The van der Waals surface area contributed by atoms with Gasteiger partial charge in [-0.25, -0.2) is 4.79 Å². The maximum atomic E-state index is 10.8. The molecule has 6 heteroatoms. The highest BCUT2D eigenvalue weighted by Gasteiger charge is 2.14. The topological polar surface area (TPSA) is 59.7 Å². The van der Waals surface area contributed by atoms with Gasteiger partial charge in [0, 0.05) is 11.6 Å². The van der Waals surface area contributed by atoms with Crippen molar-refractivity contribution in [3.63, 3.8) is 0 Å². The van der Waals surface area contributed by atoms with Crippen LogP contribution in [0.5, 0.6) is 5.75 Å². The third kappa shape index (κ3) is 2.78. The highest BCUT2D eigenvalue weighted by Crippen LogP contribution is 2.27. The first-order valence-electron chi connectivity index (χ1n) is 4.95. The molecule has 0 radical (unpaired) electrons. The lowest BCUT2D eigenvalue weighted by Crippen LogP contribution is -2.02. The number of carbonyl (C=O) groups is 1. The molecule has 0 spiro atoms. The molecule has 0 saturated heterocycles. The van der Waals surface area contributed by atoms with Crippen LogP contribution in [0.2, 0.25) is 10.0 Å². The number of carboxylic acids is 1.